The monoisotopic (exact) mass is 399 g/mol. The molecule has 2 aromatic heterocycles. The Hall–Kier alpha value is -2.62. The lowest BCUT2D eigenvalue weighted by Gasteiger charge is -2.20. The number of hydrogen-bond donors (Lipinski definition) is 1. The Morgan fingerprint density at radius 3 is 2.48 bits per heavy atom. The van der Waals surface area contributed by atoms with E-state index in [1.165, 1.54) is 19.1 Å². The number of rotatable bonds is 4. The van der Waals surface area contributed by atoms with Gasteiger partial charge in [-0.15, -0.1) is 0 Å². The number of aromatic nitrogens is 2. The molecule has 10 heteroatoms. The number of ether oxygens (including phenoxy) is 1. The van der Waals surface area contributed by atoms with Gasteiger partial charge in [-0.25, -0.2) is 27.6 Å². The summed E-state index contributed by atoms with van der Waals surface area (Å²) in [6.45, 7) is 6.39. The van der Waals surface area contributed by atoms with Crippen molar-refractivity contribution in [3.63, 3.8) is 0 Å². The van der Waals surface area contributed by atoms with Crippen molar-refractivity contribution in [1.82, 2.24) is 9.97 Å². The number of anilines is 1. The van der Waals surface area contributed by atoms with Gasteiger partial charge in [-0.3, -0.25) is 5.32 Å². The topological polar surface area (TPSA) is 98.3 Å². The fourth-order valence-electron chi connectivity index (χ4n) is 2.11. The molecule has 1 N–H and O–H groups in total. The molecule has 1 amide bonds. The Balaban J connectivity index is 2.28. The van der Waals surface area contributed by atoms with Crippen LogP contribution in [0.4, 0.5) is 19.3 Å². The Bertz CT molecular complexity index is 973. The smallest absolute Gasteiger partial charge is 0.412 e. The van der Waals surface area contributed by atoms with Crippen LogP contribution in [0.2, 0.25) is 0 Å². The third kappa shape index (κ3) is 5.68. The van der Waals surface area contributed by atoms with Crippen LogP contribution >= 0.6 is 0 Å². The minimum Gasteiger partial charge on any atom is -0.444 e. The second-order valence-corrected chi connectivity index (χ2v) is 8.65. The summed E-state index contributed by atoms with van der Waals surface area (Å²) in [7, 11) is -4.22. The molecule has 0 saturated carbocycles. The van der Waals surface area contributed by atoms with E-state index in [2.05, 4.69) is 15.3 Å². The Morgan fingerprint density at radius 2 is 1.89 bits per heavy atom. The first-order valence-electron chi connectivity index (χ1n) is 7.89. The third-order valence-corrected chi connectivity index (χ3v) is 4.73. The summed E-state index contributed by atoms with van der Waals surface area (Å²) in [5.74, 6) is -2.71. The van der Waals surface area contributed by atoms with Crippen LogP contribution in [0.5, 0.6) is 0 Å². The second kappa shape index (κ2) is 7.55. The van der Waals surface area contributed by atoms with Crippen LogP contribution in [-0.2, 0) is 20.3 Å². The maximum atomic E-state index is 14.4. The molecule has 2 rings (SSSR count). The van der Waals surface area contributed by atoms with Gasteiger partial charge in [-0.05, 0) is 39.8 Å². The highest BCUT2D eigenvalue weighted by Crippen LogP contribution is 2.23. The van der Waals surface area contributed by atoms with Gasteiger partial charge in [-0.2, -0.15) is 4.39 Å². The first-order valence-corrected chi connectivity index (χ1v) is 9.54. The van der Waals surface area contributed by atoms with E-state index < -0.39 is 44.1 Å². The Kier molecular flexibility index (Phi) is 5.79. The summed E-state index contributed by atoms with van der Waals surface area (Å²) < 4.78 is 57.4. The van der Waals surface area contributed by atoms with Crippen molar-refractivity contribution in [1.29, 1.82) is 0 Å². The van der Waals surface area contributed by atoms with Crippen molar-refractivity contribution in [2.45, 2.75) is 44.1 Å². The standard InChI is InChI=1S/C17H19F2N3O4S/c1-10-13(22-16(23)26-17(2,3)4)8-12(18)15(20-10)27(24,25)9-11-6-5-7-14(19)21-11/h5-8H,9H2,1-4H3,(H,22,23). The number of carbonyl (C=O) groups is 1. The Morgan fingerprint density at radius 1 is 1.22 bits per heavy atom. The molecular formula is C17H19F2N3O4S. The zero-order valence-corrected chi connectivity index (χ0v) is 16.0. The fourth-order valence-corrected chi connectivity index (χ4v) is 3.43. The lowest BCUT2D eigenvalue weighted by Crippen LogP contribution is -2.27. The van der Waals surface area contributed by atoms with E-state index in [0.717, 1.165) is 12.1 Å². The lowest BCUT2D eigenvalue weighted by molar-refractivity contribution is 0.0635. The van der Waals surface area contributed by atoms with Crippen LogP contribution in [0.1, 0.15) is 32.2 Å². The molecule has 0 bridgehead atoms. The van der Waals surface area contributed by atoms with Crippen LogP contribution < -0.4 is 5.32 Å². The minimum atomic E-state index is -4.22. The summed E-state index contributed by atoms with van der Waals surface area (Å²) in [6, 6.07) is 4.52. The molecule has 2 aromatic rings. The zero-order chi connectivity index (χ0) is 20.4. The highest BCUT2D eigenvalue weighted by atomic mass is 32.2. The average molecular weight is 399 g/mol. The molecule has 7 nitrogen and oxygen atoms in total. The average Bonchev–Trinajstić information content (AvgIpc) is 2.48. The molecule has 0 spiro atoms. The summed E-state index contributed by atoms with van der Waals surface area (Å²) >= 11 is 0. The van der Waals surface area contributed by atoms with E-state index in [-0.39, 0.29) is 17.1 Å². The van der Waals surface area contributed by atoms with Crippen molar-refractivity contribution >= 4 is 21.6 Å². The predicted octanol–water partition coefficient (Wildman–Crippen LogP) is 3.38. The number of amides is 1. The van der Waals surface area contributed by atoms with Crippen molar-refractivity contribution in [2.24, 2.45) is 0 Å². The summed E-state index contributed by atoms with van der Waals surface area (Å²) in [4.78, 5) is 19.0. The largest absolute Gasteiger partial charge is 0.444 e. The van der Waals surface area contributed by atoms with Gasteiger partial charge in [0.05, 0.1) is 22.8 Å². The van der Waals surface area contributed by atoms with Crippen molar-refractivity contribution in [2.75, 3.05) is 5.32 Å². The number of hydrogen-bond acceptors (Lipinski definition) is 6. The third-order valence-electron chi connectivity index (χ3n) is 3.18. The highest BCUT2D eigenvalue weighted by Gasteiger charge is 2.25. The first kappa shape index (κ1) is 20.7. The maximum Gasteiger partial charge on any atom is 0.412 e. The number of pyridine rings is 2. The van der Waals surface area contributed by atoms with Gasteiger partial charge in [0.25, 0.3) is 0 Å². The van der Waals surface area contributed by atoms with Gasteiger partial charge < -0.3 is 4.74 Å². The van der Waals surface area contributed by atoms with Gasteiger partial charge in [0.15, 0.2) is 10.8 Å². The highest BCUT2D eigenvalue weighted by molar-refractivity contribution is 7.90. The number of halogens is 2. The number of carbonyl (C=O) groups excluding carboxylic acids is 1. The molecule has 0 atom stereocenters. The quantitative estimate of drug-likeness (QED) is 0.792. The molecule has 27 heavy (non-hydrogen) atoms. The van der Waals surface area contributed by atoms with Crippen LogP contribution in [-0.4, -0.2) is 30.1 Å². The number of nitrogens with one attached hydrogen (secondary N) is 1. The van der Waals surface area contributed by atoms with Gasteiger partial charge in [-0.1, -0.05) is 6.07 Å². The molecule has 0 unspecified atom stereocenters. The van der Waals surface area contributed by atoms with E-state index in [0.29, 0.717) is 0 Å². The molecule has 0 aliphatic heterocycles. The minimum absolute atomic E-state index is 0.0235. The number of sulfone groups is 1. The molecule has 0 aliphatic carbocycles. The molecule has 0 saturated heterocycles. The van der Waals surface area contributed by atoms with Crippen molar-refractivity contribution in [3.05, 3.63) is 47.4 Å². The normalized spacial score (nSPS) is 11.9. The molecule has 2 heterocycles. The molecule has 0 aromatic carbocycles. The van der Waals surface area contributed by atoms with Crippen LogP contribution in [0, 0.1) is 18.7 Å². The second-order valence-electron chi connectivity index (χ2n) is 6.75. The summed E-state index contributed by atoms with van der Waals surface area (Å²) in [5.41, 5.74) is -0.784. The lowest BCUT2D eigenvalue weighted by atomic mass is 10.2. The number of aryl methyl sites for hydroxylation is 1. The van der Waals surface area contributed by atoms with E-state index in [4.69, 9.17) is 4.74 Å². The van der Waals surface area contributed by atoms with E-state index in [1.54, 1.807) is 20.8 Å². The SMILES string of the molecule is Cc1nc(S(=O)(=O)Cc2cccc(F)n2)c(F)cc1NC(=O)OC(C)(C)C. The van der Waals surface area contributed by atoms with E-state index in [9.17, 15) is 22.0 Å². The van der Waals surface area contributed by atoms with Gasteiger partial charge in [0.2, 0.25) is 15.8 Å². The Labute approximate surface area is 155 Å². The van der Waals surface area contributed by atoms with E-state index >= 15 is 0 Å². The fraction of sp³-hybridized carbons (Fsp3) is 0.353. The van der Waals surface area contributed by atoms with E-state index in [1.807, 2.05) is 0 Å². The molecular weight excluding hydrogens is 380 g/mol. The zero-order valence-electron chi connectivity index (χ0n) is 15.2. The first-order chi connectivity index (χ1) is 12.4. The molecule has 0 radical (unpaired) electrons. The van der Waals surface area contributed by atoms with Crippen LogP contribution in [0.15, 0.2) is 29.3 Å². The maximum absolute atomic E-state index is 14.4. The summed E-state index contributed by atoms with van der Waals surface area (Å²) in [5, 5.41) is 1.52. The van der Waals surface area contributed by atoms with Crippen molar-refractivity contribution in [3.8, 4) is 0 Å². The van der Waals surface area contributed by atoms with Gasteiger partial charge in [0.1, 0.15) is 5.60 Å². The molecule has 146 valence electrons. The molecule has 0 fully saturated rings. The predicted molar refractivity (Wildman–Crippen MR) is 93.9 cm³/mol. The van der Waals surface area contributed by atoms with Crippen LogP contribution in [0.25, 0.3) is 0 Å². The molecule has 0 aliphatic rings. The summed E-state index contributed by atoms with van der Waals surface area (Å²) in [6.07, 6.45) is -0.827. The van der Waals surface area contributed by atoms with Gasteiger partial charge >= 0.3 is 6.09 Å². The number of nitrogens with zero attached hydrogens (tertiary/aromatic N) is 2. The van der Waals surface area contributed by atoms with Gasteiger partial charge in [0, 0.05) is 6.07 Å². The van der Waals surface area contributed by atoms with Crippen LogP contribution in [0.3, 0.4) is 0 Å². The van der Waals surface area contributed by atoms with Crippen molar-refractivity contribution < 1.29 is 26.7 Å².